The van der Waals surface area contributed by atoms with E-state index in [2.05, 4.69) is 15.3 Å². The molecule has 0 aliphatic carbocycles. The molecule has 1 atom stereocenters. The number of methoxy groups -OCH3 is 1. The summed E-state index contributed by atoms with van der Waals surface area (Å²) in [7, 11) is 1.37. The highest BCUT2D eigenvalue weighted by Gasteiger charge is 2.23. The zero-order chi connectivity index (χ0) is 14.6. The summed E-state index contributed by atoms with van der Waals surface area (Å²) in [4.78, 5) is 20.2. The van der Waals surface area contributed by atoms with Gasteiger partial charge in [-0.25, -0.2) is 14.8 Å². The molecule has 1 aromatic rings. The molecule has 0 aliphatic rings. The van der Waals surface area contributed by atoms with Crippen LogP contribution in [0.3, 0.4) is 0 Å². The zero-order valence-corrected chi connectivity index (χ0v) is 12.1. The lowest BCUT2D eigenvalue weighted by Crippen LogP contribution is -2.36. The van der Waals surface area contributed by atoms with Crippen LogP contribution in [0.2, 0.25) is 0 Å². The first kappa shape index (κ1) is 15.2. The molecule has 0 fully saturated rings. The molecule has 0 amide bonds. The summed E-state index contributed by atoms with van der Waals surface area (Å²) in [6.45, 7) is 7.84. The molecule has 0 aromatic carbocycles. The number of carbonyl (C=O) groups is 1. The average molecular weight is 266 g/mol. The van der Waals surface area contributed by atoms with Gasteiger partial charge in [-0.1, -0.05) is 27.7 Å². The van der Waals surface area contributed by atoms with E-state index in [-0.39, 0.29) is 17.8 Å². The number of nitrogens with one attached hydrogen (secondary N) is 1. The summed E-state index contributed by atoms with van der Waals surface area (Å²) in [6, 6.07) is 1.16. The maximum absolute atomic E-state index is 11.7. The van der Waals surface area contributed by atoms with Crippen LogP contribution in [0.5, 0.6) is 0 Å². The summed E-state index contributed by atoms with van der Waals surface area (Å²) >= 11 is 0. The lowest BCUT2D eigenvalue weighted by atomic mass is 10.0. The van der Waals surface area contributed by atoms with E-state index in [1.54, 1.807) is 6.07 Å². The molecule has 0 radical (unpaired) electrons. The maximum Gasteiger partial charge on any atom is 0.328 e. The van der Waals surface area contributed by atoms with E-state index in [0.717, 1.165) is 0 Å². The molecule has 106 valence electrons. The van der Waals surface area contributed by atoms with Crippen molar-refractivity contribution in [1.82, 2.24) is 9.97 Å². The average Bonchev–Trinajstić information content (AvgIpc) is 2.34. The second-order valence-corrected chi connectivity index (χ2v) is 5.08. The van der Waals surface area contributed by atoms with Gasteiger partial charge >= 0.3 is 5.97 Å². The quantitative estimate of drug-likeness (QED) is 0.790. The monoisotopic (exact) mass is 266 g/mol. The molecule has 0 saturated carbocycles. The van der Waals surface area contributed by atoms with E-state index in [0.29, 0.717) is 17.5 Å². The number of aromatic nitrogens is 2. The topological polar surface area (TPSA) is 90.1 Å². The molecule has 0 aliphatic heterocycles. The van der Waals surface area contributed by atoms with Crippen LogP contribution >= 0.6 is 0 Å². The molecular weight excluding hydrogens is 244 g/mol. The number of esters is 1. The molecule has 0 bridgehead atoms. The van der Waals surface area contributed by atoms with Crippen molar-refractivity contribution in [3.63, 3.8) is 0 Å². The van der Waals surface area contributed by atoms with Gasteiger partial charge in [-0.05, 0) is 5.92 Å². The van der Waals surface area contributed by atoms with Gasteiger partial charge in [0.05, 0.1) is 7.11 Å². The third-order valence-electron chi connectivity index (χ3n) is 2.70. The van der Waals surface area contributed by atoms with Crippen LogP contribution in [-0.4, -0.2) is 29.1 Å². The van der Waals surface area contributed by atoms with Crippen molar-refractivity contribution in [3.8, 4) is 0 Å². The molecule has 1 rings (SSSR count). The number of ether oxygens (including phenoxy) is 1. The molecule has 19 heavy (non-hydrogen) atoms. The normalized spacial score (nSPS) is 12.6. The lowest BCUT2D eigenvalue weighted by molar-refractivity contribution is -0.142. The predicted octanol–water partition coefficient (Wildman–Crippen LogP) is 1.79. The van der Waals surface area contributed by atoms with Crippen molar-refractivity contribution in [3.05, 3.63) is 11.9 Å². The van der Waals surface area contributed by atoms with Crippen molar-refractivity contribution >= 4 is 17.6 Å². The van der Waals surface area contributed by atoms with E-state index in [1.165, 1.54) is 7.11 Å². The SMILES string of the molecule is COC(=O)C(Nc1cc(N)nc(C(C)C)n1)C(C)C. The third-order valence-corrected chi connectivity index (χ3v) is 2.70. The highest BCUT2D eigenvalue weighted by molar-refractivity contribution is 5.79. The van der Waals surface area contributed by atoms with E-state index in [4.69, 9.17) is 10.5 Å². The zero-order valence-electron chi connectivity index (χ0n) is 12.1. The minimum absolute atomic E-state index is 0.0751. The Hall–Kier alpha value is -1.85. The van der Waals surface area contributed by atoms with E-state index in [1.807, 2.05) is 27.7 Å². The molecule has 1 unspecified atom stereocenters. The molecule has 6 nitrogen and oxygen atoms in total. The van der Waals surface area contributed by atoms with Gasteiger partial charge in [0.1, 0.15) is 23.5 Å². The molecule has 1 heterocycles. The molecule has 1 aromatic heterocycles. The van der Waals surface area contributed by atoms with Gasteiger partial charge in [0.15, 0.2) is 0 Å². The largest absolute Gasteiger partial charge is 0.467 e. The van der Waals surface area contributed by atoms with Gasteiger partial charge in [-0.3, -0.25) is 0 Å². The minimum Gasteiger partial charge on any atom is -0.467 e. The number of nitrogens with zero attached hydrogens (tertiary/aromatic N) is 2. The predicted molar refractivity (Wildman–Crippen MR) is 74.8 cm³/mol. The summed E-state index contributed by atoms with van der Waals surface area (Å²) in [5, 5.41) is 3.06. The van der Waals surface area contributed by atoms with Gasteiger partial charge in [0.2, 0.25) is 0 Å². The van der Waals surface area contributed by atoms with E-state index < -0.39 is 6.04 Å². The summed E-state index contributed by atoms with van der Waals surface area (Å²) in [6.07, 6.45) is 0. The van der Waals surface area contributed by atoms with E-state index >= 15 is 0 Å². The highest BCUT2D eigenvalue weighted by atomic mass is 16.5. The fraction of sp³-hybridized carbons (Fsp3) is 0.615. The molecule has 0 saturated heterocycles. The summed E-state index contributed by atoms with van der Waals surface area (Å²) in [5.41, 5.74) is 5.75. The fourth-order valence-electron chi connectivity index (χ4n) is 1.60. The van der Waals surface area contributed by atoms with Crippen molar-refractivity contribution in [1.29, 1.82) is 0 Å². The van der Waals surface area contributed by atoms with Crippen molar-refractivity contribution in [2.75, 3.05) is 18.2 Å². The van der Waals surface area contributed by atoms with Crippen LogP contribution in [0.25, 0.3) is 0 Å². The van der Waals surface area contributed by atoms with Crippen LogP contribution in [-0.2, 0) is 9.53 Å². The second-order valence-electron chi connectivity index (χ2n) is 5.08. The van der Waals surface area contributed by atoms with Gasteiger partial charge in [0.25, 0.3) is 0 Å². The van der Waals surface area contributed by atoms with Gasteiger partial charge in [-0.15, -0.1) is 0 Å². The van der Waals surface area contributed by atoms with Crippen molar-refractivity contribution < 1.29 is 9.53 Å². The summed E-state index contributed by atoms with van der Waals surface area (Å²) < 4.78 is 4.78. The molecule has 0 spiro atoms. The first-order chi connectivity index (χ1) is 8.85. The Labute approximate surface area is 113 Å². The number of carbonyl (C=O) groups excluding carboxylic acids is 1. The Balaban J connectivity index is 2.99. The number of hydrogen-bond donors (Lipinski definition) is 2. The number of hydrogen-bond acceptors (Lipinski definition) is 6. The van der Waals surface area contributed by atoms with Crippen molar-refractivity contribution in [2.24, 2.45) is 5.92 Å². The van der Waals surface area contributed by atoms with Crippen LogP contribution in [0.1, 0.15) is 39.4 Å². The fourth-order valence-corrected chi connectivity index (χ4v) is 1.60. The third kappa shape index (κ3) is 4.08. The van der Waals surface area contributed by atoms with E-state index in [9.17, 15) is 4.79 Å². The lowest BCUT2D eigenvalue weighted by Gasteiger charge is -2.21. The number of nitrogen functional groups attached to an aromatic ring is 1. The van der Waals surface area contributed by atoms with Gasteiger partial charge in [0, 0.05) is 12.0 Å². The Morgan fingerprint density at radius 1 is 1.32 bits per heavy atom. The highest BCUT2D eigenvalue weighted by Crippen LogP contribution is 2.17. The molecule has 3 N–H and O–H groups in total. The maximum atomic E-state index is 11.7. The second kappa shape index (κ2) is 6.36. The Morgan fingerprint density at radius 3 is 2.42 bits per heavy atom. The summed E-state index contributed by atoms with van der Waals surface area (Å²) in [5.74, 6) is 1.49. The standard InChI is InChI=1S/C13H22N4O2/c1-7(2)11(13(18)19-5)16-10-6-9(14)15-12(17-10)8(3)4/h6-8,11H,1-5H3,(H3,14,15,16,17). The first-order valence-electron chi connectivity index (χ1n) is 6.34. The van der Waals surface area contributed by atoms with Crippen LogP contribution in [0.15, 0.2) is 6.07 Å². The Bertz CT molecular complexity index is 446. The van der Waals surface area contributed by atoms with Crippen LogP contribution < -0.4 is 11.1 Å². The van der Waals surface area contributed by atoms with Crippen molar-refractivity contribution in [2.45, 2.75) is 39.7 Å². The Morgan fingerprint density at radius 2 is 1.95 bits per heavy atom. The van der Waals surface area contributed by atoms with Crippen LogP contribution in [0, 0.1) is 5.92 Å². The smallest absolute Gasteiger partial charge is 0.328 e. The van der Waals surface area contributed by atoms with Crippen LogP contribution in [0.4, 0.5) is 11.6 Å². The van der Waals surface area contributed by atoms with Gasteiger partial charge in [-0.2, -0.15) is 0 Å². The molecule has 6 heteroatoms. The molecular formula is C13H22N4O2. The minimum atomic E-state index is -0.459. The van der Waals surface area contributed by atoms with Gasteiger partial charge < -0.3 is 15.8 Å². The number of anilines is 2. The first-order valence-corrected chi connectivity index (χ1v) is 6.34. The number of nitrogens with two attached hydrogens (primary N) is 1. The Kier molecular flexibility index (Phi) is 5.09. The number of rotatable bonds is 5.